The Morgan fingerprint density at radius 2 is 2.08 bits per heavy atom. The van der Waals surface area contributed by atoms with Crippen LogP contribution in [0.25, 0.3) is 0 Å². The summed E-state index contributed by atoms with van der Waals surface area (Å²) in [7, 11) is 1.88. The van der Waals surface area contributed by atoms with E-state index in [4.69, 9.17) is 4.74 Å². The van der Waals surface area contributed by atoms with Crippen LogP contribution in [0.4, 0.5) is 0 Å². The number of benzene rings is 1. The second kappa shape index (κ2) is 12.5. The van der Waals surface area contributed by atoms with Crippen LogP contribution in [0.5, 0.6) is 0 Å². The minimum Gasteiger partial charge on any atom is -0.376 e. The van der Waals surface area contributed by atoms with Crippen LogP contribution in [-0.2, 0) is 11.3 Å². The van der Waals surface area contributed by atoms with Gasteiger partial charge in [-0.1, -0.05) is 50.1 Å². The zero-order valence-electron chi connectivity index (χ0n) is 15.0. The number of unbranched alkanes of at least 4 members (excludes halogenated alkanes) is 2. The van der Waals surface area contributed by atoms with Crippen molar-refractivity contribution in [3.63, 3.8) is 0 Å². The Hall–Kier alpha value is -0.820. The molecule has 1 aliphatic heterocycles. The van der Waals surface area contributed by atoms with E-state index in [1.54, 1.807) is 0 Å². The fraction of sp³-hybridized carbons (Fsp3) is 0.632. The molecule has 0 radical (unpaired) electrons. The summed E-state index contributed by atoms with van der Waals surface area (Å²) in [5.74, 6) is 1.65. The minimum absolute atomic E-state index is 0. The number of nitrogens with zero attached hydrogens (tertiary/aromatic N) is 2. The van der Waals surface area contributed by atoms with Gasteiger partial charge in [0.2, 0.25) is 0 Å². The highest BCUT2D eigenvalue weighted by atomic mass is 127. The average molecular weight is 445 g/mol. The molecule has 0 aliphatic carbocycles. The van der Waals surface area contributed by atoms with E-state index in [1.165, 1.54) is 31.2 Å². The largest absolute Gasteiger partial charge is 0.376 e. The fourth-order valence-electron chi connectivity index (χ4n) is 2.99. The fourth-order valence-corrected chi connectivity index (χ4v) is 2.99. The van der Waals surface area contributed by atoms with Gasteiger partial charge in [0, 0.05) is 32.6 Å². The van der Waals surface area contributed by atoms with E-state index >= 15 is 0 Å². The molecular weight excluding hydrogens is 413 g/mol. The van der Waals surface area contributed by atoms with Crippen LogP contribution in [0.15, 0.2) is 35.3 Å². The van der Waals surface area contributed by atoms with Crippen LogP contribution in [0.3, 0.4) is 0 Å². The number of hydrogen-bond acceptors (Lipinski definition) is 2. The molecule has 1 aromatic rings. The summed E-state index contributed by atoms with van der Waals surface area (Å²) in [4.78, 5) is 6.78. The van der Waals surface area contributed by atoms with Crippen LogP contribution in [-0.4, -0.2) is 44.1 Å². The molecule has 0 aromatic heterocycles. The number of aliphatic imine (C=N–C) groups is 1. The predicted octanol–water partition coefficient (Wildman–Crippen LogP) is 3.91. The van der Waals surface area contributed by atoms with E-state index in [1.807, 2.05) is 13.1 Å². The molecule has 1 atom stereocenters. The Kier molecular flexibility index (Phi) is 11.1. The van der Waals surface area contributed by atoms with Crippen LogP contribution in [0.2, 0.25) is 0 Å². The Labute approximate surface area is 164 Å². The molecule has 1 N–H and O–H groups in total. The summed E-state index contributed by atoms with van der Waals surface area (Å²) in [5.41, 5.74) is 1.25. The minimum atomic E-state index is 0. The standard InChI is InChI=1S/C19H31N3O.HI/c1-3-4-8-12-21-19(20-2)22-13-11-18(14-22)16-23-15-17-9-6-5-7-10-17;/h5-7,9-10,18H,3-4,8,11-16H2,1-2H3,(H,20,21);1H. The molecule has 1 unspecified atom stereocenters. The summed E-state index contributed by atoms with van der Waals surface area (Å²) < 4.78 is 5.89. The maximum absolute atomic E-state index is 5.89. The van der Waals surface area contributed by atoms with Gasteiger partial charge in [0.15, 0.2) is 5.96 Å². The third kappa shape index (κ3) is 7.38. The van der Waals surface area contributed by atoms with E-state index in [-0.39, 0.29) is 24.0 Å². The van der Waals surface area contributed by atoms with Gasteiger partial charge in [-0.15, -0.1) is 24.0 Å². The number of hydrogen-bond donors (Lipinski definition) is 1. The lowest BCUT2D eigenvalue weighted by Gasteiger charge is -2.21. The summed E-state index contributed by atoms with van der Waals surface area (Å²) in [6.45, 7) is 6.91. The molecule has 1 aliphatic rings. The highest BCUT2D eigenvalue weighted by Crippen LogP contribution is 2.17. The predicted molar refractivity (Wildman–Crippen MR) is 112 cm³/mol. The van der Waals surface area contributed by atoms with Crippen molar-refractivity contribution in [3.05, 3.63) is 35.9 Å². The van der Waals surface area contributed by atoms with Gasteiger partial charge in [-0.3, -0.25) is 4.99 Å². The van der Waals surface area contributed by atoms with Gasteiger partial charge >= 0.3 is 0 Å². The molecule has 2 rings (SSSR count). The highest BCUT2D eigenvalue weighted by Gasteiger charge is 2.24. The van der Waals surface area contributed by atoms with Crippen LogP contribution < -0.4 is 5.32 Å². The molecule has 0 spiro atoms. The average Bonchev–Trinajstić information content (AvgIpc) is 3.05. The molecule has 0 saturated carbocycles. The van der Waals surface area contributed by atoms with Crippen LogP contribution in [0, 0.1) is 5.92 Å². The van der Waals surface area contributed by atoms with Gasteiger partial charge < -0.3 is 15.0 Å². The molecule has 0 bridgehead atoms. The maximum atomic E-state index is 5.89. The number of ether oxygens (including phenoxy) is 1. The van der Waals surface area contributed by atoms with Crippen molar-refractivity contribution in [2.45, 2.75) is 39.2 Å². The van der Waals surface area contributed by atoms with Gasteiger partial charge in [-0.25, -0.2) is 0 Å². The lowest BCUT2D eigenvalue weighted by atomic mass is 10.1. The zero-order chi connectivity index (χ0) is 16.3. The monoisotopic (exact) mass is 445 g/mol. The maximum Gasteiger partial charge on any atom is 0.193 e. The molecule has 1 fully saturated rings. The Morgan fingerprint density at radius 1 is 1.29 bits per heavy atom. The first kappa shape index (κ1) is 21.2. The molecule has 136 valence electrons. The second-order valence-electron chi connectivity index (χ2n) is 6.28. The number of guanidine groups is 1. The normalized spacial score (nSPS) is 17.7. The van der Waals surface area contributed by atoms with Crippen LogP contribution >= 0.6 is 24.0 Å². The molecule has 1 heterocycles. The molecule has 4 nitrogen and oxygen atoms in total. The molecular formula is C19H32IN3O. The van der Waals surface area contributed by atoms with Crippen molar-refractivity contribution in [2.75, 3.05) is 33.3 Å². The van der Waals surface area contributed by atoms with E-state index in [9.17, 15) is 0 Å². The van der Waals surface area contributed by atoms with Crippen molar-refractivity contribution < 1.29 is 4.74 Å². The number of likely N-dealkylation sites (tertiary alicyclic amines) is 1. The zero-order valence-corrected chi connectivity index (χ0v) is 17.4. The first-order chi connectivity index (χ1) is 11.3. The summed E-state index contributed by atoms with van der Waals surface area (Å²) in [5, 5.41) is 3.48. The summed E-state index contributed by atoms with van der Waals surface area (Å²) >= 11 is 0. The Bertz CT molecular complexity index is 467. The van der Waals surface area contributed by atoms with Crippen LogP contribution in [0.1, 0.15) is 38.2 Å². The third-order valence-corrected chi connectivity index (χ3v) is 4.33. The van der Waals surface area contributed by atoms with Crippen molar-refractivity contribution in [1.29, 1.82) is 0 Å². The third-order valence-electron chi connectivity index (χ3n) is 4.33. The molecule has 1 saturated heterocycles. The number of rotatable bonds is 8. The first-order valence-corrected chi connectivity index (χ1v) is 8.90. The van der Waals surface area contributed by atoms with Gasteiger partial charge in [-0.05, 0) is 18.4 Å². The Balaban J connectivity index is 0.00000288. The van der Waals surface area contributed by atoms with Crippen molar-refractivity contribution in [1.82, 2.24) is 10.2 Å². The van der Waals surface area contributed by atoms with Gasteiger partial charge in [-0.2, -0.15) is 0 Å². The lowest BCUT2D eigenvalue weighted by Crippen LogP contribution is -2.40. The Morgan fingerprint density at radius 3 is 2.79 bits per heavy atom. The highest BCUT2D eigenvalue weighted by molar-refractivity contribution is 14.0. The van der Waals surface area contributed by atoms with E-state index in [2.05, 4.69) is 46.4 Å². The summed E-state index contributed by atoms with van der Waals surface area (Å²) in [6, 6.07) is 10.4. The molecule has 0 amide bonds. The van der Waals surface area contributed by atoms with Crippen molar-refractivity contribution in [3.8, 4) is 0 Å². The number of nitrogens with one attached hydrogen (secondary N) is 1. The van der Waals surface area contributed by atoms with E-state index < -0.39 is 0 Å². The van der Waals surface area contributed by atoms with Crippen molar-refractivity contribution in [2.24, 2.45) is 10.9 Å². The van der Waals surface area contributed by atoms with Gasteiger partial charge in [0.25, 0.3) is 0 Å². The first-order valence-electron chi connectivity index (χ1n) is 8.90. The number of halogens is 1. The SMILES string of the molecule is CCCCCNC(=NC)N1CCC(COCc2ccccc2)C1.I. The molecule has 1 aromatic carbocycles. The van der Waals surface area contributed by atoms with Crippen molar-refractivity contribution >= 4 is 29.9 Å². The van der Waals surface area contributed by atoms with E-state index in [0.717, 1.165) is 32.2 Å². The second-order valence-corrected chi connectivity index (χ2v) is 6.28. The van der Waals surface area contributed by atoms with Gasteiger partial charge in [0.1, 0.15) is 0 Å². The van der Waals surface area contributed by atoms with E-state index in [0.29, 0.717) is 12.5 Å². The summed E-state index contributed by atoms with van der Waals surface area (Å²) in [6.07, 6.45) is 4.93. The van der Waals surface area contributed by atoms with Gasteiger partial charge in [0.05, 0.1) is 13.2 Å². The molecule has 5 heteroatoms. The quantitative estimate of drug-likeness (QED) is 0.285. The topological polar surface area (TPSA) is 36.9 Å². The molecule has 24 heavy (non-hydrogen) atoms. The lowest BCUT2D eigenvalue weighted by molar-refractivity contribution is 0.0907. The smallest absolute Gasteiger partial charge is 0.193 e.